The van der Waals surface area contributed by atoms with E-state index in [-0.39, 0.29) is 11.9 Å². The Hall–Kier alpha value is -2.50. The fourth-order valence-corrected chi connectivity index (χ4v) is 2.82. The molecule has 1 unspecified atom stereocenters. The van der Waals surface area contributed by atoms with Gasteiger partial charge in [-0.2, -0.15) is 0 Å². The average Bonchev–Trinajstić information content (AvgIpc) is 2.62. The van der Waals surface area contributed by atoms with Crippen molar-refractivity contribution in [1.29, 1.82) is 0 Å². The molecule has 6 nitrogen and oxygen atoms in total. The highest BCUT2D eigenvalue weighted by Crippen LogP contribution is 2.31. The maximum atomic E-state index is 12.8. The van der Waals surface area contributed by atoms with Gasteiger partial charge in [0.15, 0.2) is 0 Å². The maximum absolute atomic E-state index is 12.8. The van der Waals surface area contributed by atoms with Crippen molar-refractivity contribution in [1.82, 2.24) is 19.9 Å². The molecule has 3 heterocycles. The van der Waals surface area contributed by atoms with Crippen LogP contribution in [0.15, 0.2) is 36.8 Å². The Balaban J connectivity index is 1.89. The van der Waals surface area contributed by atoms with Crippen LogP contribution >= 0.6 is 0 Å². The third-order valence-corrected chi connectivity index (χ3v) is 3.93. The largest absolute Gasteiger partial charge is 0.357 e. The molecule has 1 fully saturated rings. The summed E-state index contributed by atoms with van der Waals surface area (Å²) in [4.78, 5) is 27.3. The normalized spacial score (nSPS) is 18.0. The van der Waals surface area contributed by atoms with Crippen LogP contribution in [-0.2, 0) is 0 Å². The molecule has 1 saturated heterocycles. The lowest BCUT2D eigenvalue weighted by Crippen LogP contribution is -2.39. The van der Waals surface area contributed by atoms with E-state index in [0.717, 1.165) is 31.5 Å². The van der Waals surface area contributed by atoms with Crippen LogP contribution in [0.4, 0.5) is 5.95 Å². The number of carbonyl (C=O) groups excluding carboxylic acids is 1. The van der Waals surface area contributed by atoms with Crippen molar-refractivity contribution in [2.24, 2.45) is 0 Å². The highest BCUT2D eigenvalue weighted by atomic mass is 16.2. The minimum absolute atomic E-state index is 0.00418. The van der Waals surface area contributed by atoms with Crippen LogP contribution in [0.2, 0.25) is 0 Å². The van der Waals surface area contributed by atoms with Crippen LogP contribution in [0.5, 0.6) is 0 Å². The number of hydrogen-bond acceptors (Lipinski definition) is 5. The van der Waals surface area contributed by atoms with Gasteiger partial charge in [-0.25, -0.2) is 9.97 Å². The maximum Gasteiger partial charge on any atom is 0.254 e. The highest BCUT2D eigenvalue weighted by Gasteiger charge is 2.29. The second kappa shape index (κ2) is 6.51. The molecule has 114 valence electrons. The van der Waals surface area contributed by atoms with Gasteiger partial charge in [0.25, 0.3) is 5.91 Å². The number of nitrogens with one attached hydrogen (secondary N) is 1. The number of aromatic nitrogens is 3. The number of rotatable bonds is 3. The smallest absolute Gasteiger partial charge is 0.254 e. The summed E-state index contributed by atoms with van der Waals surface area (Å²) in [5.74, 6) is 0.621. The van der Waals surface area contributed by atoms with Crippen LogP contribution in [0, 0.1) is 0 Å². The first kappa shape index (κ1) is 14.4. The molecule has 2 aromatic rings. The molecule has 0 spiro atoms. The van der Waals surface area contributed by atoms with Gasteiger partial charge in [0, 0.05) is 37.7 Å². The van der Waals surface area contributed by atoms with Crippen LogP contribution in [0.1, 0.15) is 41.4 Å². The van der Waals surface area contributed by atoms with Crippen molar-refractivity contribution in [3.63, 3.8) is 0 Å². The van der Waals surface area contributed by atoms with Gasteiger partial charge in [0.05, 0.1) is 11.7 Å². The third kappa shape index (κ3) is 2.90. The molecule has 0 aromatic carbocycles. The first-order valence-electron chi connectivity index (χ1n) is 7.51. The molecule has 6 heteroatoms. The Morgan fingerprint density at radius 2 is 2.05 bits per heavy atom. The monoisotopic (exact) mass is 297 g/mol. The molecule has 1 N–H and O–H groups in total. The van der Waals surface area contributed by atoms with E-state index in [2.05, 4.69) is 20.3 Å². The summed E-state index contributed by atoms with van der Waals surface area (Å²) in [7, 11) is 1.79. The van der Waals surface area contributed by atoms with E-state index in [1.807, 2.05) is 11.0 Å². The third-order valence-electron chi connectivity index (χ3n) is 3.93. The lowest BCUT2D eigenvalue weighted by atomic mass is 9.98. The molecule has 0 aliphatic carbocycles. The van der Waals surface area contributed by atoms with Crippen molar-refractivity contribution in [3.05, 3.63) is 48.0 Å². The summed E-state index contributed by atoms with van der Waals surface area (Å²) < 4.78 is 0. The van der Waals surface area contributed by atoms with Gasteiger partial charge < -0.3 is 10.2 Å². The lowest BCUT2D eigenvalue weighted by Gasteiger charge is -2.35. The van der Waals surface area contributed by atoms with Crippen LogP contribution in [-0.4, -0.2) is 39.4 Å². The number of pyridine rings is 1. The van der Waals surface area contributed by atoms with Gasteiger partial charge in [-0.3, -0.25) is 9.78 Å². The second-order valence-corrected chi connectivity index (χ2v) is 5.30. The molecule has 1 aliphatic heterocycles. The summed E-state index contributed by atoms with van der Waals surface area (Å²) in [5.41, 5.74) is 1.56. The zero-order chi connectivity index (χ0) is 15.4. The predicted octanol–water partition coefficient (Wildman–Crippen LogP) is 2.28. The van der Waals surface area contributed by atoms with Gasteiger partial charge in [-0.1, -0.05) is 0 Å². The Labute approximate surface area is 129 Å². The first-order valence-corrected chi connectivity index (χ1v) is 7.51. The lowest BCUT2D eigenvalue weighted by molar-refractivity contribution is 0.0606. The molecule has 0 radical (unpaired) electrons. The van der Waals surface area contributed by atoms with Crippen molar-refractivity contribution in [2.75, 3.05) is 18.9 Å². The predicted molar refractivity (Wildman–Crippen MR) is 83.4 cm³/mol. The number of amides is 1. The highest BCUT2D eigenvalue weighted by molar-refractivity contribution is 5.94. The second-order valence-electron chi connectivity index (χ2n) is 5.30. The van der Waals surface area contributed by atoms with E-state index < -0.39 is 0 Å². The summed E-state index contributed by atoms with van der Waals surface area (Å²) in [6, 6.07) is 5.41. The Kier molecular flexibility index (Phi) is 4.27. The molecular formula is C16H19N5O. The van der Waals surface area contributed by atoms with Crippen LogP contribution in [0.3, 0.4) is 0 Å². The van der Waals surface area contributed by atoms with Gasteiger partial charge in [0.2, 0.25) is 5.95 Å². The summed E-state index contributed by atoms with van der Waals surface area (Å²) in [6.07, 6.45) is 8.09. The van der Waals surface area contributed by atoms with E-state index in [4.69, 9.17) is 0 Å². The fraction of sp³-hybridized carbons (Fsp3) is 0.375. The summed E-state index contributed by atoms with van der Waals surface area (Å²) in [5, 5.41) is 2.95. The van der Waals surface area contributed by atoms with Gasteiger partial charge in [0.1, 0.15) is 0 Å². The molecule has 2 aromatic heterocycles. The summed E-state index contributed by atoms with van der Waals surface area (Å²) >= 11 is 0. The topological polar surface area (TPSA) is 71.0 Å². The number of likely N-dealkylation sites (tertiary alicyclic amines) is 1. The zero-order valence-corrected chi connectivity index (χ0v) is 12.6. The molecule has 1 amide bonds. The van der Waals surface area contributed by atoms with E-state index in [1.54, 1.807) is 37.8 Å². The Morgan fingerprint density at radius 3 is 2.82 bits per heavy atom. The van der Waals surface area contributed by atoms with E-state index in [0.29, 0.717) is 11.5 Å². The molecule has 0 bridgehead atoms. The SMILES string of the molecule is CNc1nccc(C2CCCCN2C(=O)c2ccncc2)n1. The van der Waals surface area contributed by atoms with Crippen LogP contribution < -0.4 is 5.32 Å². The molecule has 0 saturated carbocycles. The Bertz CT molecular complexity index is 646. The summed E-state index contributed by atoms with van der Waals surface area (Å²) in [6.45, 7) is 0.755. The van der Waals surface area contributed by atoms with Gasteiger partial charge >= 0.3 is 0 Å². The fourth-order valence-electron chi connectivity index (χ4n) is 2.82. The average molecular weight is 297 g/mol. The molecular weight excluding hydrogens is 278 g/mol. The van der Waals surface area contributed by atoms with Crippen molar-refractivity contribution in [2.45, 2.75) is 25.3 Å². The van der Waals surface area contributed by atoms with E-state index in [1.165, 1.54) is 0 Å². The van der Waals surface area contributed by atoms with E-state index >= 15 is 0 Å². The number of nitrogens with zero attached hydrogens (tertiary/aromatic N) is 4. The molecule has 22 heavy (non-hydrogen) atoms. The van der Waals surface area contributed by atoms with Crippen LogP contribution in [0.25, 0.3) is 0 Å². The van der Waals surface area contributed by atoms with Crippen molar-refractivity contribution in [3.8, 4) is 0 Å². The quantitative estimate of drug-likeness (QED) is 0.941. The minimum atomic E-state index is 0.00418. The number of carbonyl (C=O) groups is 1. The van der Waals surface area contributed by atoms with Crippen molar-refractivity contribution >= 4 is 11.9 Å². The van der Waals surface area contributed by atoms with E-state index in [9.17, 15) is 4.79 Å². The van der Waals surface area contributed by atoms with Gasteiger partial charge in [-0.15, -0.1) is 0 Å². The standard InChI is InChI=1S/C16H19N5O/c1-17-16-19-10-7-13(20-16)14-4-2-3-11-21(14)15(22)12-5-8-18-9-6-12/h5-10,14H,2-4,11H2,1H3,(H,17,19,20). The minimum Gasteiger partial charge on any atom is -0.357 e. The Morgan fingerprint density at radius 1 is 1.23 bits per heavy atom. The number of piperidine rings is 1. The number of hydrogen-bond donors (Lipinski definition) is 1. The first-order chi connectivity index (χ1) is 10.8. The number of anilines is 1. The molecule has 1 aliphatic rings. The van der Waals surface area contributed by atoms with Crippen molar-refractivity contribution < 1.29 is 4.79 Å². The molecule has 3 rings (SSSR count). The zero-order valence-electron chi connectivity index (χ0n) is 12.6. The molecule has 1 atom stereocenters. The van der Waals surface area contributed by atoms with Gasteiger partial charge in [-0.05, 0) is 37.5 Å².